The van der Waals surface area contributed by atoms with Crippen molar-refractivity contribution in [1.82, 2.24) is 4.98 Å². The molecule has 2 aromatic carbocycles. The van der Waals surface area contributed by atoms with Crippen LogP contribution in [0.3, 0.4) is 0 Å². The molecule has 0 aliphatic rings. The highest BCUT2D eigenvalue weighted by Crippen LogP contribution is 2.25. The van der Waals surface area contributed by atoms with Crippen LogP contribution < -0.4 is 5.32 Å². The number of hydrogen-bond acceptors (Lipinski definition) is 3. The van der Waals surface area contributed by atoms with E-state index in [1.54, 1.807) is 6.20 Å². The molecule has 0 aliphatic carbocycles. The normalized spacial score (nSPS) is 10.5. The number of benzene rings is 2. The van der Waals surface area contributed by atoms with Crippen molar-refractivity contribution >= 4 is 22.3 Å². The van der Waals surface area contributed by atoms with Crippen molar-refractivity contribution in [3.63, 3.8) is 0 Å². The zero-order chi connectivity index (χ0) is 10.8. The van der Waals surface area contributed by atoms with Gasteiger partial charge >= 0.3 is 0 Å². The first-order chi connectivity index (χ1) is 7.93. The van der Waals surface area contributed by atoms with Crippen molar-refractivity contribution in [2.45, 2.75) is 0 Å². The molecule has 0 saturated heterocycles. The lowest BCUT2D eigenvalue weighted by Gasteiger charge is -2.06. The first-order valence-electron chi connectivity index (χ1n) is 5.07. The van der Waals surface area contributed by atoms with Gasteiger partial charge in [0.05, 0.1) is 6.20 Å². The second-order valence-corrected chi connectivity index (χ2v) is 3.52. The highest BCUT2D eigenvalue weighted by Gasteiger charge is 2.01. The minimum Gasteiger partial charge on any atom is -0.428 e. The molecule has 0 radical (unpaired) electrons. The second kappa shape index (κ2) is 3.70. The molecule has 3 heteroatoms. The summed E-state index contributed by atoms with van der Waals surface area (Å²) in [6.07, 6.45) is 3.06. The average Bonchev–Trinajstić information content (AvgIpc) is 2.82. The van der Waals surface area contributed by atoms with Crippen LogP contribution in [0.5, 0.6) is 0 Å². The monoisotopic (exact) mass is 210 g/mol. The standard InChI is InChI=1S/C13H10N2O/c1-2-6-11-10(4-1)5-3-7-12(11)15-13-8-14-9-16-13/h1-9,15H. The van der Waals surface area contributed by atoms with Gasteiger partial charge in [-0.15, -0.1) is 0 Å². The number of nitrogens with zero attached hydrogens (tertiary/aromatic N) is 1. The molecule has 0 bridgehead atoms. The maximum Gasteiger partial charge on any atom is 0.217 e. The van der Waals surface area contributed by atoms with Gasteiger partial charge in [0.25, 0.3) is 0 Å². The molecule has 16 heavy (non-hydrogen) atoms. The Kier molecular flexibility index (Phi) is 2.07. The molecule has 1 aromatic heterocycles. The highest BCUT2D eigenvalue weighted by molar-refractivity contribution is 5.94. The van der Waals surface area contributed by atoms with Crippen molar-refractivity contribution in [3.05, 3.63) is 55.1 Å². The van der Waals surface area contributed by atoms with Crippen molar-refractivity contribution in [3.8, 4) is 0 Å². The fraction of sp³-hybridized carbons (Fsp3) is 0. The molecular formula is C13H10N2O. The van der Waals surface area contributed by atoms with E-state index in [0.29, 0.717) is 5.88 Å². The Morgan fingerprint density at radius 1 is 1.00 bits per heavy atom. The Hall–Kier alpha value is -2.29. The van der Waals surface area contributed by atoms with Crippen molar-refractivity contribution in [2.24, 2.45) is 0 Å². The number of fused-ring (bicyclic) bond motifs is 1. The number of nitrogens with one attached hydrogen (secondary N) is 1. The van der Waals surface area contributed by atoms with E-state index in [0.717, 1.165) is 5.69 Å². The van der Waals surface area contributed by atoms with E-state index >= 15 is 0 Å². The van der Waals surface area contributed by atoms with Crippen LogP contribution in [0.25, 0.3) is 10.8 Å². The topological polar surface area (TPSA) is 38.1 Å². The smallest absolute Gasteiger partial charge is 0.217 e. The van der Waals surface area contributed by atoms with Gasteiger partial charge in [-0.3, -0.25) is 0 Å². The molecule has 0 atom stereocenters. The fourth-order valence-electron chi connectivity index (χ4n) is 1.74. The number of oxazole rings is 1. The van der Waals surface area contributed by atoms with E-state index in [1.807, 2.05) is 24.3 Å². The Balaban J connectivity index is 2.10. The minimum absolute atomic E-state index is 0.649. The van der Waals surface area contributed by atoms with Crippen molar-refractivity contribution < 1.29 is 4.42 Å². The highest BCUT2D eigenvalue weighted by atomic mass is 16.4. The van der Waals surface area contributed by atoms with Gasteiger partial charge in [-0.25, -0.2) is 4.98 Å². The molecule has 1 N–H and O–H groups in total. The Bertz CT molecular complexity index is 597. The Morgan fingerprint density at radius 3 is 2.75 bits per heavy atom. The second-order valence-electron chi connectivity index (χ2n) is 3.52. The number of anilines is 2. The van der Waals surface area contributed by atoms with E-state index in [2.05, 4.69) is 28.5 Å². The first kappa shape index (κ1) is 8.97. The average molecular weight is 210 g/mol. The van der Waals surface area contributed by atoms with Crippen LogP contribution in [0.2, 0.25) is 0 Å². The Morgan fingerprint density at radius 2 is 1.88 bits per heavy atom. The summed E-state index contributed by atoms with van der Waals surface area (Å²) in [5, 5.41) is 5.57. The van der Waals surface area contributed by atoms with E-state index in [1.165, 1.54) is 17.2 Å². The Labute approximate surface area is 92.7 Å². The lowest BCUT2D eigenvalue weighted by Crippen LogP contribution is -1.89. The van der Waals surface area contributed by atoms with Crippen molar-refractivity contribution in [1.29, 1.82) is 0 Å². The molecule has 0 fully saturated rings. The summed E-state index contributed by atoms with van der Waals surface area (Å²) in [6, 6.07) is 14.3. The van der Waals surface area contributed by atoms with Gasteiger partial charge in [-0.2, -0.15) is 0 Å². The third-order valence-corrected chi connectivity index (χ3v) is 2.48. The minimum atomic E-state index is 0.649. The summed E-state index contributed by atoms with van der Waals surface area (Å²) < 4.78 is 5.16. The van der Waals surface area contributed by atoms with Crippen molar-refractivity contribution in [2.75, 3.05) is 5.32 Å². The predicted molar refractivity (Wildman–Crippen MR) is 63.7 cm³/mol. The van der Waals surface area contributed by atoms with E-state index in [-0.39, 0.29) is 0 Å². The lowest BCUT2D eigenvalue weighted by molar-refractivity contribution is 0.575. The molecule has 1 heterocycles. The first-order valence-corrected chi connectivity index (χ1v) is 5.07. The summed E-state index contributed by atoms with van der Waals surface area (Å²) in [5.74, 6) is 0.649. The van der Waals surface area contributed by atoms with Gasteiger partial charge in [0, 0.05) is 11.1 Å². The van der Waals surface area contributed by atoms with Crippen LogP contribution in [-0.4, -0.2) is 4.98 Å². The summed E-state index contributed by atoms with van der Waals surface area (Å²) >= 11 is 0. The van der Waals surface area contributed by atoms with Gasteiger partial charge in [-0.1, -0.05) is 36.4 Å². The molecule has 0 amide bonds. The number of rotatable bonds is 2. The largest absolute Gasteiger partial charge is 0.428 e. The van der Waals surface area contributed by atoms with Crippen LogP contribution in [0.1, 0.15) is 0 Å². The van der Waals surface area contributed by atoms with Gasteiger partial charge in [0.1, 0.15) is 0 Å². The zero-order valence-corrected chi connectivity index (χ0v) is 8.55. The maximum atomic E-state index is 5.16. The number of aromatic nitrogens is 1. The molecule has 78 valence electrons. The third kappa shape index (κ3) is 1.52. The lowest BCUT2D eigenvalue weighted by atomic mass is 10.1. The van der Waals surface area contributed by atoms with Crippen LogP contribution in [-0.2, 0) is 0 Å². The molecule has 3 rings (SSSR count). The van der Waals surface area contributed by atoms with Crippen LogP contribution in [0.15, 0.2) is 59.5 Å². The summed E-state index contributed by atoms with van der Waals surface area (Å²) in [6.45, 7) is 0. The molecule has 0 spiro atoms. The van der Waals surface area contributed by atoms with E-state index in [4.69, 9.17) is 4.42 Å². The summed E-state index contributed by atoms with van der Waals surface area (Å²) in [5.41, 5.74) is 1.02. The maximum absolute atomic E-state index is 5.16. The van der Waals surface area contributed by atoms with Crippen LogP contribution in [0.4, 0.5) is 11.6 Å². The quantitative estimate of drug-likeness (QED) is 0.702. The van der Waals surface area contributed by atoms with Gasteiger partial charge in [-0.05, 0) is 11.5 Å². The molecule has 0 unspecified atom stereocenters. The number of hydrogen-bond donors (Lipinski definition) is 1. The van der Waals surface area contributed by atoms with Gasteiger partial charge in [0.15, 0.2) is 6.39 Å². The molecule has 3 nitrogen and oxygen atoms in total. The van der Waals surface area contributed by atoms with Gasteiger partial charge in [0.2, 0.25) is 5.88 Å². The van der Waals surface area contributed by atoms with Gasteiger partial charge < -0.3 is 9.73 Å². The molecule has 3 aromatic rings. The molecular weight excluding hydrogens is 200 g/mol. The summed E-state index contributed by atoms with van der Waals surface area (Å²) in [4.78, 5) is 3.87. The SMILES string of the molecule is c1ccc2c(Nc3cnco3)cccc2c1. The molecule has 0 saturated carbocycles. The summed E-state index contributed by atoms with van der Waals surface area (Å²) in [7, 11) is 0. The molecule has 0 aliphatic heterocycles. The van der Waals surface area contributed by atoms with Crippen LogP contribution >= 0.6 is 0 Å². The zero-order valence-electron chi connectivity index (χ0n) is 8.55. The predicted octanol–water partition coefficient (Wildman–Crippen LogP) is 3.57. The van der Waals surface area contributed by atoms with Crippen LogP contribution in [0, 0.1) is 0 Å². The van der Waals surface area contributed by atoms with E-state index < -0.39 is 0 Å². The third-order valence-electron chi connectivity index (χ3n) is 2.48. The fourth-order valence-corrected chi connectivity index (χ4v) is 1.74. The van der Waals surface area contributed by atoms with E-state index in [9.17, 15) is 0 Å².